The molecule has 9 nitrogen and oxygen atoms in total. The summed E-state index contributed by atoms with van der Waals surface area (Å²) in [6, 6.07) is 0. The van der Waals surface area contributed by atoms with E-state index in [-0.39, 0.29) is 36.2 Å². The van der Waals surface area contributed by atoms with Gasteiger partial charge in [-0.05, 0) is 33.6 Å². The number of halogens is 1. The van der Waals surface area contributed by atoms with Gasteiger partial charge in [0, 0.05) is 66.1 Å². The minimum absolute atomic E-state index is 0. The zero-order chi connectivity index (χ0) is 21.1. The Morgan fingerprint density at radius 2 is 1.87 bits per heavy atom. The van der Waals surface area contributed by atoms with Crippen molar-refractivity contribution < 1.29 is 19.0 Å². The number of carbonyl (C=O) groups excluding carboxylic acids is 1. The van der Waals surface area contributed by atoms with Crippen molar-refractivity contribution in [2.75, 3.05) is 72.7 Å². The third-order valence-corrected chi connectivity index (χ3v) is 4.82. The van der Waals surface area contributed by atoms with E-state index in [2.05, 4.69) is 20.5 Å². The summed E-state index contributed by atoms with van der Waals surface area (Å²) in [4.78, 5) is 20.5. The molecule has 2 aliphatic heterocycles. The van der Waals surface area contributed by atoms with Crippen molar-refractivity contribution in [2.24, 2.45) is 4.99 Å². The summed E-state index contributed by atoms with van der Waals surface area (Å²) >= 11 is 0. The Morgan fingerprint density at radius 3 is 2.47 bits per heavy atom. The summed E-state index contributed by atoms with van der Waals surface area (Å²) < 4.78 is 16.5. The first-order chi connectivity index (χ1) is 13.9. The normalized spacial score (nSPS) is 20.6. The summed E-state index contributed by atoms with van der Waals surface area (Å²) in [5, 5.41) is 6.66. The first-order valence-electron chi connectivity index (χ1n) is 10.7. The van der Waals surface area contributed by atoms with Crippen molar-refractivity contribution in [1.29, 1.82) is 0 Å². The molecule has 0 aliphatic carbocycles. The second kappa shape index (κ2) is 14.3. The van der Waals surface area contributed by atoms with Gasteiger partial charge < -0.3 is 29.7 Å². The number of carbonyl (C=O) groups is 1. The minimum atomic E-state index is -0.446. The fourth-order valence-electron chi connectivity index (χ4n) is 3.21. The molecule has 2 heterocycles. The molecule has 0 spiro atoms. The maximum Gasteiger partial charge on any atom is 0.410 e. The topological polar surface area (TPSA) is 87.7 Å². The van der Waals surface area contributed by atoms with Crippen LogP contribution in [-0.2, 0) is 14.2 Å². The summed E-state index contributed by atoms with van der Waals surface area (Å²) in [6.07, 6.45) is 1.99. The zero-order valence-electron chi connectivity index (χ0n) is 18.9. The molecule has 2 N–H and O–H groups in total. The van der Waals surface area contributed by atoms with Crippen LogP contribution in [0, 0.1) is 0 Å². The highest BCUT2D eigenvalue weighted by Crippen LogP contribution is 2.11. The fraction of sp³-hybridized carbons (Fsp3) is 0.900. The Hall–Kier alpha value is -0.850. The Morgan fingerprint density at radius 1 is 1.17 bits per heavy atom. The molecule has 176 valence electrons. The van der Waals surface area contributed by atoms with E-state index in [1.165, 1.54) is 0 Å². The van der Waals surface area contributed by atoms with E-state index in [0.717, 1.165) is 71.3 Å². The van der Waals surface area contributed by atoms with E-state index in [1.54, 1.807) is 11.9 Å². The van der Waals surface area contributed by atoms with Crippen LogP contribution in [0.25, 0.3) is 0 Å². The summed E-state index contributed by atoms with van der Waals surface area (Å²) in [7, 11) is 1.78. The lowest BCUT2D eigenvalue weighted by Gasteiger charge is -2.35. The average Bonchev–Trinajstić information content (AvgIpc) is 3.19. The molecule has 2 rings (SSSR count). The van der Waals surface area contributed by atoms with Crippen molar-refractivity contribution >= 4 is 36.0 Å². The molecule has 0 aromatic rings. The maximum absolute atomic E-state index is 12.1. The van der Waals surface area contributed by atoms with Crippen molar-refractivity contribution in [2.45, 2.75) is 45.3 Å². The molecule has 0 aromatic carbocycles. The number of nitrogens with one attached hydrogen (secondary N) is 2. The summed E-state index contributed by atoms with van der Waals surface area (Å²) in [5.41, 5.74) is -0.446. The zero-order valence-corrected chi connectivity index (χ0v) is 21.3. The number of aliphatic imine (C=N–C) groups is 1. The average molecular weight is 541 g/mol. The highest BCUT2D eigenvalue weighted by Gasteiger charge is 2.25. The molecule has 2 fully saturated rings. The molecule has 0 bridgehead atoms. The molecule has 2 saturated heterocycles. The van der Waals surface area contributed by atoms with Crippen LogP contribution in [0.15, 0.2) is 4.99 Å². The number of guanidine groups is 1. The predicted molar refractivity (Wildman–Crippen MR) is 129 cm³/mol. The van der Waals surface area contributed by atoms with Crippen molar-refractivity contribution in [3.8, 4) is 0 Å². The van der Waals surface area contributed by atoms with Crippen LogP contribution in [0.2, 0.25) is 0 Å². The van der Waals surface area contributed by atoms with Crippen molar-refractivity contribution in [1.82, 2.24) is 20.4 Å². The number of hydrogen-bond acceptors (Lipinski definition) is 6. The van der Waals surface area contributed by atoms with E-state index in [0.29, 0.717) is 13.1 Å². The van der Waals surface area contributed by atoms with Gasteiger partial charge in [-0.2, -0.15) is 0 Å². The molecule has 1 unspecified atom stereocenters. The lowest BCUT2D eigenvalue weighted by Crippen LogP contribution is -2.51. The lowest BCUT2D eigenvalue weighted by molar-refractivity contribution is 0.0147. The number of hydrogen-bond donors (Lipinski definition) is 2. The number of rotatable bonds is 8. The third kappa shape index (κ3) is 11.0. The van der Waals surface area contributed by atoms with Gasteiger partial charge in [-0.15, -0.1) is 24.0 Å². The van der Waals surface area contributed by atoms with Gasteiger partial charge in [-0.3, -0.25) is 9.89 Å². The van der Waals surface area contributed by atoms with Gasteiger partial charge in [-0.25, -0.2) is 4.79 Å². The van der Waals surface area contributed by atoms with E-state index in [9.17, 15) is 4.79 Å². The van der Waals surface area contributed by atoms with Crippen LogP contribution < -0.4 is 10.6 Å². The quantitative estimate of drug-likeness (QED) is 0.209. The number of ether oxygens (including phenoxy) is 3. The van der Waals surface area contributed by atoms with Crippen molar-refractivity contribution in [3.05, 3.63) is 0 Å². The SMILES string of the molecule is CN=C(NCCCOC1CCOC1)NCCN1CCN(C(=O)OC(C)(C)C)CC1.I. The van der Waals surface area contributed by atoms with Gasteiger partial charge in [0.2, 0.25) is 0 Å². The van der Waals surface area contributed by atoms with Crippen LogP contribution in [-0.4, -0.2) is 106 Å². The van der Waals surface area contributed by atoms with Crippen LogP contribution >= 0.6 is 24.0 Å². The van der Waals surface area contributed by atoms with Crippen LogP contribution in [0.5, 0.6) is 0 Å². The molecular formula is C20H40IN5O4. The number of nitrogens with zero attached hydrogens (tertiary/aromatic N) is 3. The lowest BCUT2D eigenvalue weighted by atomic mass is 10.2. The van der Waals surface area contributed by atoms with Gasteiger partial charge >= 0.3 is 6.09 Å². The Labute approximate surface area is 198 Å². The fourth-order valence-corrected chi connectivity index (χ4v) is 3.21. The molecule has 30 heavy (non-hydrogen) atoms. The van der Waals surface area contributed by atoms with Gasteiger partial charge in [0.15, 0.2) is 5.96 Å². The molecule has 10 heteroatoms. The predicted octanol–water partition coefficient (Wildman–Crippen LogP) is 1.52. The Kier molecular flexibility index (Phi) is 12.9. The maximum atomic E-state index is 12.1. The van der Waals surface area contributed by atoms with Crippen molar-refractivity contribution in [3.63, 3.8) is 0 Å². The highest BCUT2D eigenvalue weighted by atomic mass is 127. The summed E-state index contributed by atoms with van der Waals surface area (Å²) in [5.74, 6) is 0.807. The monoisotopic (exact) mass is 541 g/mol. The third-order valence-electron chi connectivity index (χ3n) is 4.82. The van der Waals surface area contributed by atoms with Gasteiger partial charge in [0.05, 0.1) is 12.7 Å². The van der Waals surface area contributed by atoms with Crippen LogP contribution in [0.3, 0.4) is 0 Å². The molecule has 0 radical (unpaired) electrons. The van der Waals surface area contributed by atoms with Crippen LogP contribution in [0.1, 0.15) is 33.6 Å². The second-order valence-corrected chi connectivity index (χ2v) is 8.44. The largest absolute Gasteiger partial charge is 0.444 e. The second-order valence-electron chi connectivity index (χ2n) is 8.44. The van der Waals surface area contributed by atoms with Gasteiger partial charge in [0.25, 0.3) is 0 Å². The van der Waals surface area contributed by atoms with E-state index >= 15 is 0 Å². The first kappa shape index (κ1) is 27.2. The van der Waals surface area contributed by atoms with Gasteiger partial charge in [0.1, 0.15) is 5.60 Å². The highest BCUT2D eigenvalue weighted by molar-refractivity contribution is 14.0. The first-order valence-corrected chi connectivity index (χ1v) is 10.7. The van der Waals surface area contributed by atoms with Crippen LogP contribution in [0.4, 0.5) is 4.79 Å². The minimum Gasteiger partial charge on any atom is -0.444 e. The summed E-state index contributed by atoms with van der Waals surface area (Å²) in [6.45, 7) is 13.6. The Balaban J connectivity index is 0.00000450. The standard InChI is InChI=1S/C20H39N5O4.HI/c1-20(2,3)29-19(26)25-12-10-24(11-13-25)9-8-23-18(21-4)22-7-5-14-28-17-6-15-27-16-17;/h17H,5-16H2,1-4H3,(H2,21,22,23);1H. The van der Waals surface area contributed by atoms with E-state index < -0.39 is 5.60 Å². The van der Waals surface area contributed by atoms with E-state index in [4.69, 9.17) is 14.2 Å². The van der Waals surface area contributed by atoms with E-state index in [1.807, 2.05) is 20.8 Å². The molecule has 2 aliphatic rings. The number of piperazine rings is 1. The smallest absolute Gasteiger partial charge is 0.410 e. The molecular weight excluding hydrogens is 501 g/mol. The Bertz CT molecular complexity index is 516. The van der Waals surface area contributed by atoms with Gasteiger partial charge in [-0.1, -0.05) is 0 Å². The number of amides is 1. The molecule has 1 atom stereocenters. The molecule has 0 aromatic heterocycles. The molecule has 0 saturated carbocycles. The molecule has 1 amide bonds.